The van der Waals surface area contributed by atoms with Gasteiger partial charge in [-0.1, -0.05) is 12.1 Å². The summed E-state index contributed by atoms with van der Waals surface area (Å²) in [4.78, 5) is 0.0109. The van der Waals surface area contributed by atoms with E-state index in [-0.39, 0.29) is 17.3 Å². The first-order valence-corrected chi connectivity index (χ1v) is 8.26. The highest BCUT2D eigenvalue weighted by Crippen LogP contribution is 2.22. The van der Waals surface area contributed by atoms with Crippen LogP contribution < -0.4 is 0 Å². The minimum atomic E-state index is -3.82. The molecule has 1 aromatic carbocycles. The third-order valence-corrected chi connectivity index (χ3v) is 4.30. The molecule has 0 aliphatic heterocycles. The van der Waals surface area contributed by atoms with E-state index in [0.29, 0.717) is 25.2 Å². The number of phenolic OH excluding ortho intramolecular Hbond substituents is 1. The molecule has 0 spiro atoms. The van der Waals surface area contributed by atoms with Gasteiger partial charge in [0, 0.05) is 12.7 Å². The van der Waals surface area contributed by atoms with Crippen LogP contribution >= 0.6 is 0 Å². The standard InChI is InChI=1S/C15H22O5S/c1-3-9-19-10-5-4-6-11-20-21(17,18)15-12-14(16)8-7-13(15)2/h3,7-8,12,16H,1,4-6,9-11H2,2H3. The molecule has 1 N–H and O–H groups in total. The van der Waals surface area contributed by atoms with E-state index >= 15 is 0 Å². The van der Waals surface area contributed by atoms with Crippen LogP contribution in [0.15, 0.2) is 35.7 Å². The average molecular weight is 314 g/mol. The zero-order valence-electron chi connectivity index (χ0n) is 12.2. The van der Waals surface area contributed by atoms with Crippen LogP contribution in [0.25, 0.3) is 0 Å². The first kappa shape index (κ1) is 17.7. The smallest absolute Gasteiger partial charge is 0.297 e. The van der Waals surface area contributed by atoms with E-state index in [0.717, 1.165) is 12.8 Å². The summed E-state index contributed by atoms with van der Waals surface area (Å²) in [5.41, 5.74) is 0.547. The lowest BCUT2D eigenvalue weighted by Gasteiger charge is -2.08. The van der Waals surface area contributed by atoms with Gasteiger partial charge in [-0.25, -0.2) is 0 Å². The molecule has 1 rings (SSSR count). The fourth-order valence-corrected chi connectivity index (χ4v) is 2.93. The van der Waals surface area contributed by atoms with E-state index in [4.69, 9.17) is 8.92 Å². The Morgan fingerprint density at radius 3 is 2.67 bits per heavy atom. The van der Waals surface area contributed by atoms with E-state index < -0.39 is 10.1 Å². The Kier molecular flexibility index (Phi) is 7.42. The predicted molar refractivity (Wildman–Crippen MR) is 80.8 cm³/mol. The van der Waals surface area contributed by atoms with Crippen molar-refractivity contribution in [2.24, 2.45) is 0 Å². The maximum Gasteiger partial charge on any atom is 0.297 e. The fourth-order valence-electron chi connectivity index (χ4n) is 1.74. The number of rotatable bonds is 10. The Labute approximate surface area is 126 Å². The molecule has 0 heterocycles. The van der Waals surface area contributed by atoms with Crippen LogP contribution in [0.2, 0.25) is 0 Å². The molecule has 118 valence electrons. The minimum absolute atomic E-state index is 0.0109. The number of ether oxygens (including phenoxy) is 1. The Balaban J connectivity index is 2.37. The number of phenols is 1. The predicted octanol–water partition coefficient (Wildman–Crippen LogP) is 2.78. The SMILES string of the molecule is C=CCOCCCCCOS(=O)(=O)c1cc(O)ccc1C. The van der Waals surface area contributed by atoms with Gasteiger partial charge < -0.3 is 9.84 Å². The van der Waals surface area contributed by atoms with Gasteiger partial charge in [0.05, 0.1) is 13.2 Å². The summed E-state index contributed by atoms with van der Waals surface area (Å²) in [5, 5.41) is 9.37. The van der Waals surface area contributed by atoms with Crippen molar-refractivity contribution in [2.45, 2.75) is 31.1 Å². The molecule has 6 heteroatoms. The molecule has 21 heavy (non-hydrogen) atoms. The van der Waals surface area contributed by atoms with Crippen LogP contribution in [-0.2, 0) is 19.0 Å². The van der Waals surface area contributed by atoms with Crippen molar-refractivity contribution in [1.82, 2.24) is 0 Å². The summed E-state index contributed by atoms with van der Waals surface area (Å²) in [6.45, 7) is 6.49. The van der Waals surface area contributed by atoms with Crippen LogP contribution in [-0.4, -0.2) is 33.3 Å². The molecule has 0 aromatic heterocycles. The van der Waals surface area contributed by atoms with E-state index in [1.165, 1.54) is 12.1 Å². The van der Waals surface area contributed by atoms with Crippen molar-refractivity contribution >= 4 is 10.1 Å². The van der Waals surface area contributed by atoms with Crippen molar-refractivity contribution in [3.05, 3.63) is 36.4 Å². The summed E-state index contributed by atoms with van der Waals surface area (Å²) in [5.74, 6) is -0.0952. The normalized spacial score (nSPS) is 11.5. The monoisotopic (exact) mass is 314 g/mol. The van der Waals surface area contributed by atoms with Crippen LogP contribution in [0.1, 0.15) is 24.8 Å². The van der Waals surface area contributed by atoms with Gasteiger partial charge in [-0.15, -0.1) is 6.58 Å². The number of aryl methyl sites for hydroxylation is 1. The molecule has 0 bridgehead atoms. The minimum Gasteiger partial charge on any atom is -0.508 e. The van der Waals surface area contributed by atoms with Crippen molar-refractivity contribution in [3.63, 3.8) is 0 Å². The summed E-state index contributed by atoms with van der Waals surface area (Å²) >= 11 is 0. The summed E-state index contributed by atoms with van der Waals surface area (Å²) < 4.78 is 34.2. The molecule has 0 atom stereocenters. The van der Waals surface area contributed by atoms with Gasteiger partial charge >= 0.3 is 0 Å². The Bertz CT molecular complexity index is 551. The van der Waals surface area contributed by atoms with Gasteiger partial charge in [0.15, 0.2) is 0 Å². The molecule has 0 aliphatic rings. The quantitative estimate of drug-likeness (QED) is 0.408. The summed E-state index contributed by atoms with van der Waals surface area (Å²) in [6, 6.07) is 4.19. The van der Waals surface area contributed by atoms with Crippen LogP contribution in [0.3, 0.4) is 0 Å². The summed E-state index contributed by atoms with van der Waals surface area (Å²) in [6.07, 6.45) is 4.00. The highest BCUT2D eigenvalue weighted by Gasteiger charge is 2.18. The third-order valence-electron chi connectivity index (χ3n) is 2.85. The lowest BCUT2D eigenvalue weighted by atomic mass is 10.2. The Morgan fingerprint density at radius 2 is 1.95 bits per heavy atom. The van der Waals surface area contributed by atoms with Gasteiger partial charge in [0.25, 0.3) is 10.1 Å². The maximum absolute atomic E-state index is 12.0. The van der Waals surface area contributed by atoms with Gasteiger partial charge in [-0.3, -0.25) is 4.18 Å². The molecule has 0 saturated heterocycles. The van der Waals surface area contributed by atoms with Crippen molar-refractivity contribution in [2.75, 3.05) is 19.8 Å². The molecule has 5 nitrogen and oxygen atoms in total. The number of hydrogen-bond donors (Lipinski definition) is 1. The molecule has 0 saturated carbocycles. The molecule has 0 fully saturated rings. The van der Waals surface area contributed by atoms with Gasteiger partial charge in [0.1, 0.15) is 10.6 Å². The Morgan fingerprint density at radius 1 is 1.24 bits per heavy atom. The van der Waals surface area contributed by atoms with E-state index in [1.54, 1.807) is 19.1 Å². The van der Waals surface area contributed by atoms with Crippen molar-refractivity contribution in [1.29, 1.82) is 0 Å². The second-order valence-corrected chi connectivity index (χ2v) is 6.23. The largest absolute Gasteiger partial charge is 0.508 e. The van der Waals surface area contributed by atoms with Gasteiger partial charge in [-0.2, -0.15) is 8.42 Å². The number of unbranched alkanes of at least 4 members (excludes halogenated alkanes) is 2. The first-order valence-electron chi connectivity index (χ1n) is 6.85. The zero-order chi connectivity index (χ0) is 15.7. The number of hydrogen-bond acceptors (Lipinski definition) is 5. The fraction of sp³-hybridized carbons (Fsp3) is 0.467. The second kappa shape index (κ2) is 8.81. The topological polar surface area (TPSA) is 72.8 Å². The van der Waals surface area contributed by atoms with Crippen molar-refractivity contribution in [3.8, 4) is 5.75 Å². The molecule has 0 radical (unpaired) electrons. The summed E-state index contributed by atoms with van der Waals surface area (Å²) in [7, 11) is -3.82. The van der Waals surface area contributed by atoms with Crippen LogP contribution in [0.5, 0.6) is 5.75 Å². The van der Waals surface area contributed by atoms with Gasteiger partial charge in [-0.05, 0) is 37.8 Å². The van der Waals surface area contributed by atoms with E-state index in [2.05, 4.69) is 6.58 Å². The molecular weight excluding hydrogens is 292 g/mol. The number of benzene rings is 1. The highest BCUT2D eigenvalue weighted by atomic mass is 32.2. The molecule has 0 unspecified atom stereocenters. The van der Waals surface area contributed by atoms with Crippen molar-refractivity contribution < 1.29 is 22.4 Å². The molecular formula is C15H22O5S. The van der Waals surface area contributed by atoms with E-state index in [1.807, 2.05) is 0 Å². The highest BCUT2D eigenvalue weighted by molar-refractivity contribution is 7.86. The second-order valence-electron chi connectivity index (χ2n) is 4.65. The van der Waals surface area contributed by atoms with E-state index in [9.17, 15) is 13.5 Å². The molecule has 1 aromatic rings. The van der Waals surface area contributed by atoms with Gasteiger partial charge in [0.2, 0.25) is 0 Å². The maximum atomic E-state index is 12.0. The Hall–Kier alpha value is -1.37. The third kappa shape index (κ3) is 6.29. The lowest BCUT2D eigenvalue weighted by Crippen LogP contribution is -2.09. The lowest BCUT2D eigenvalue weighted by molar-refractivity contribution is 0.156. The zero-order valence-corrected chi connectivity index (χ0v) is 13.1. The first-order chi connectivity index (χ1) is 9.97. The van der Waals surface area contributed by atoms with Crippen LogP contribution in [0.4, 0.5) is 0 Å². The molecule has 0 amide bonds. The average Bonchev–Trinajstić information content (AvgIpc) is 2.44. The number of aromatic hydroxyl groups is 1. The molecule has 0 aliphatic carbocycles. The van der Waals surface area contributed by atoms with Crippen LogP contribution in [0, 0.1) is 6.92 Å².